The van der Waals surface area contributed by atoms with E-state index in [1.54, 1.807) is 0 Å². The number of benzene rings is 1. The normalized spacial score (nSPS) is 33.5. The van der Waals surface area contributed by atoms with Crippen molar-refractivity contribution in [3.05, 3.63) is 34.9 Å². The van der Waals surface area contributed by atoms with Crippen LogP contribution in [0.4, 0.5) is 4.79 Å². The van der Waals surface area contributed by atoms with Gasteiger partial charge in [-0.3, -0.25) is 4.79 Å². The van der Waals surface area contributed by atoms with Gasteiger partial charge in [-0.1, -0.05) is 23.7 Å². The molecule has 6 rings (SSSR count). The van der Waals surface area contributed by atoms with Crippen molar-refractivity contribution in [1.82, 2.24) is 15.1 Å². The van der Waals surface area contributed by atoms with Gasteiger partial charge in [-0.25, -0.2) is 4.79 Å². The number of hydrogen-bond donors (Lipinski definition) is 1. The third-order valence-electron chi connectivity index (χ3n) is 8.06. The minimum atomic E-state index is -0.0820. The third-order valence-corrected chi connectivity index (χ3v) is 8.31. The first-order chi connectivity index (χ1) is 14.4. The van der Waals surface area contributed by atoms with E-state index in [9.17, 15) is 9.59 Å². The Morgan fingerprint density at radius 2 is 1.43 bits per heavy atom. The summed E-state index contributed by atoms with van der Waals surface area (Å²) < 4.78 is 0. The van der Waals surface area contributed by atoms with Gasteiger partial charge in [-0.2, -0.15) is 0 Å². The molecule has 5 fully saturated rings. The molecule has 30 heavy (non-hydrogen) atoms. The Bertz CT molecular complexity index is 781. The van der Waals surface area contributed by atoms with Crippen molar-refractivity contribution >= 4 is 23.5 Å². The zero-order valence-electron chi connectivity index (χ0n) is 17.8. The van der Waals surface area contributed by atoms with Gasteiger partial charge >= 0.3 is 6.03 Å². The summed E-state index contributed by atoms with van der Waals surface area (Å²) in [5.41, 5.74) is 0.950. The highest BCUT2D eigenvalue weighted by molar-refractivity contribution is 6.30. The maximum atomic E-state index is 13.5. The van der Waals surface area contributed by atoms with E-state index in [-0.39, 0.29) is 17.5 Å². The number of carbonyl (C=O) groups is 2. The predicted molar refractivity (Wildman–Crippen MR) is 117 cm³/mol. The van der Waals surface area contributed by atoms with Crippen LogP contribution < -0.4 is 5.32 Å². The van der Waals surface area contributed by atoms with E-state index in [4.69, 9.17) is 11.6 Å². The predicted octanol–water partition coefficient (Wildman–Crippen LogP) is 4.47. The molecule has 5 nitrogen and oxygen atoms in total. The Kier molecular flexibility index (Phi) is 5.20. The second-order valence-electron chi connectivity index (χ2n) is 10.2. The minimum Gasteiger partial charge on any atom is -0.339 e. The van der Waals surface area contributed by atoms with Gasteiger partial charge in [0.25, 0.3) is 0 Å². The maximum absolute atomic E-state index is 13.5. The van der Waals surface area contributed by atoms with Gasteiger partial charge in [-0.15, -0.1) is 0 Å². The van der Waals surface area contributed by atoms with Crippen LogP contribution in [0.1, 0.15) is 57.1 Å². The van der Waals surface area contributed by atoms with Crippen molar-refractivity contribution in [2.45, 2.75) is 51.5 Å². The van der Waals surface area contributed by atoms with Crippen molar-refractivity contribution in [3.8, 4) is 0 Å². The molecule has 5 aliphatic rings. The van der Waals surface area contributed by atoms with Gasteiger partial charge < -0.3 is 15.1 Å². The Balaban J connectivity index is 1.16. The van der Waals surface area contributed by atoms with Crippen LogP contribution in [0.25, 0.3) is 0 Å². The largest absolute Gasteiger partial charge is 0.339 e. The fourth-order valence-electron chi connectivity index (χ4n) is 6.93. The molecule has 4 aliphatic carbocycles. The van der Waals surface area contributed by atoms with Gasteiger partial charge in [-0.05, 0) is 80.9 Å². The van der Waals surface area contributed by atoms with Crippen molar-refractivity contribution in [3.63, 3.8) is 0 Å². The number of hydrogen-bond acceptors (Lipinski definition) is 2. The number of piperazine rings is 1. The highest BCUT2D eigenvalue weighted by atomic mass is 35.5. The lowest BCUT2D eigenvalue weighted by Crippen LogP contribution is -2.59. The van der Waals surface area contributed by atoms with Crippen LogP contribution >= 0.6 is 11.6 Å². The first-order valence-electron chi connectivity index (χ1n) is 11.5. The van der Waals surface area contributed by atoms with Gasteiger partial charge in [0, 0.05) is 31.2 Å². The standard InChI is InChI=1S/C24H32ClN3O2/c1-16(20-2-4-21(25)5-3-20)26-23(30)28-8-6-27(7-9-28)22(29)24-13-17-10-18(14-24)12-19(11-17)15-24/h2-5,16-19H,6-15H2,1H3,(H,26,30). The third kappa shape index (κ3) is 3.70. The summed E-state index contributed by atoms with van der Waals surface area (Å²) in [7, 11) is 0. The van der Waals surface area contributed by atoms with Crippen LogP contribution in [0.15, 0.2) is 24.3 Å². The molecule has 0 aromatic heterocycles. The molecule has 1 aromatic rings. The molecule has 1 aliphatic heterocycles. The molecule has 4 bridgehead atoms. The Morgan fingerprint density at radius 3 is 1.97 bits per heavy atom. The molecule has 162 valence electrons. The number of rotatable bonds is 3. The quantitative estimate of drug-likeness (QED) is 0.770. The summed E-state index contributed by atoms with van der Waals surface area (Å²) in [6.45, 7) is 4.51. The monoisotopic (exact) mass is 429 g/mol. The Labute approximate surface area is 184 Å². The van der Waals surface area contributed by atoms with Crippen molar-refractivity contribution in [2.24, 2.45) is 23.2 Å². The second-order valence-corrected chi connectivity index (χ2v) is 10.6. The molecule has 1 atom stereocenters. The van der Waals surface area contributed by atoms with Crippen LogP contribution in [-0.2, 0) is 4.79 Å². The molecule has 1 N–H and O–H groups in total. The lowest BCUT2D eigenvalue weighted by Gasteiger charge is -2.57. The summed E-state index contributed by atoms with van der Waals surface area (Å²) in [6, 6.07) is 7.42. The molecular weight excluding hydrogens is 398 g/mol. The van der Waals surface area contributed by atoms with E-state index < -0.39 is 0 Å². The van der Waals surface area contributed by atoms with Crippen molar-refractivity contribution in [2.75, 3.05) is 26.2 Å². The Hall–Kier alpha value is -1.75. The van der Waals surface area contributed by atoms with E-state index in [0.29, 0.717) is 37.1 Å². The number of urea groups is 1. The van der Waals surface area contributed by atoms with E-state index in [1.165, 1.54) is 19.3 Å². The average molecular weight is 430 g/mol. The van der Waals surface area contributed by atoms with Crippen molar-refractivity contribution < 1.29 is 9.59 Å². The molecule has 1 saturated heterocycles. The SMILES string of the molecule is CC(NC(=O)N1CCN(C(=O)C23CC4CC(CC(C4)C2)C3)CC1)c1ccc(Cl)cc1. The number of halogens is 1. The summed E-state index contributed by atoms with van der Waals surface area (Å²) in [4.78, 5) is 30.1. The minimum absolute atomic E-state index is 0.0562. The van der Waals surface area contributed by atoms with Gasteiger partial charge in [0.2, 0.25) is 5.91 Å². The van der Waals surface area contributed by atoms with Crippen LogP contribution in [0.2, 0.25) is 5.02 Å². The molecule has 4 saturated carbocycles. The molecule has 0 radical (unpaired) electrons. The molecule has 1 unspecified atom stereocenters. The van der Waals surface area contributed by atoms with Crippen LogP contribution in [0.5, 0.6) is 0 Å². The van der Waals surface area contributed by atoms with Gasteiger partial charge in [0.15, 0.2) is 0 Å². The second kappa shape index (κ2) is 7.74. The highest BCUT2D eigenvalue weighted by Gasteiger charge is 2.55. The summed E-state index contributed by atoms with van der Waals surface area (Å²) in [5, 5.41) is 3.77. The molecule has 6 heteroatoms. The van der Waals surface area contributed by atoms with Crippen LogP contribution in [0, 0.1) is 23.2 Å². The number of nitrogens with zero attached hydrogens (tertiary/aromatic N) is 2. The average Bonchev–Trinajstić information content (AvgIpc) is 2.73. The lowest BCUT2D eigenvalue weighted by molar-refractivity contribution is -0.159. The van der Waals surface area contributed by atoms with Crippen LogP contribution in [0.3, 0.4) is 0 Å². The number of nitrogens with one attached hydrogen (secondary N) is 1. The van der Waals surface area contributed by atoms with E-state index in [2.05, 4.69) is 10.2 Å². The summed E-state index contributed by atoms with van der Waals surface area (Å²) in [6.07, 6.45) is 7.39. The molecule has 1 heterocycles. The van der Waals surface area contributed by atoms with Crippen LogP contribution in [-0.4, -0.2) is 47.9 Å². The first-order valence-corrected chi connectivity index (χ1v) is 11.9. The fraction of sp³-hybridized carbons (Fsp3) is 0.667. The molecule has 0 spiro atoms. The topological polar surface area (TPSA) is 52.7 Å². The van der Waals surface area contributed by atoms with E-state index in [1.807, 2.05) is 36.1 Å². The van der Waals surface area contributed by atoms with Crippen molar-refractivity contribution in [1.29, 1.82) is 0 Å². The zero-order valence-corrected chi connectivity index (χ0v) is 18.5. The number of carbonyl (C=O) groups excluding carboxylic acids is 2. The van der Waals surface area contributed by atoms with Gasteiger partial charge in [0.05, 0.1) is 11.5 Å². The highest BCUT2D eigenvalue weighted by Crippen LogP contribution is 2.60. The first kappa shape index (κ1) is 20.2. The molecule has 3 amide bonds. The van der Waals surface area contributed by atoms with E-state index in [0.717, 1.165) is 42.6 Å². The van der Waals surface area contributed by atoms with E-state index >= 15 is 0 Å². The van der Waals surface area contributed by atoms with Gasteiger partial charge in [0.1, 0.15) is 0 Å². The number of amides is 3. The molecule has 1 aromatic carbocycles. The Morgan fingerprint density at radius 1 is 0.933 bits per heavy atom. The fourth-order valence-corrected chi connectivity index (χ4v) is 7.06. The summed E-state index contributed by atoms with van der Waals surface area (Å²) in [5.74, 6) is 2.72. The smallest absolute Gasteiger partial charge is 0.317 e. The molecular formula is C24H32ClN3O2. The summed E-state index contributed by atoms with van der Waals surface area (Å²) >= 11 is 5.95. The zero-order chi connectivity index (χ0) is 20.9. The maximum Gasteiger partial charge on any atom is 0.317 e. The lowest BCUT2D eigenvalue weighted by atomic mass is 9.49.